The SMILES string of the molecule is CN1CCC(N(C2CC2)S(=O)(=O)c2ccc([N+](=O)[O-])cc2)CC1. The molecule has 0 bridgehead atoms. The molecule has 8 heteroatoms. The number of nitro groups is 1. The summed E-state index contributed by atoms with van der Waals surface area (Å²) >= 11 is 0. The Morgan fingerprint density at radius 3 is 2.09 bits per heavy atom. The van der Waals surface area contributed by atoms with Crippen molar-refractivity contribution in [3.63, 3.8) is 0 Å². The maximum atomic E-state index is 13.0. The maximum absolute atomic E-state index is 13.0. The number of likely N-dealkylation sites (tertiary alicyclic amines) is 1. The summed E-state index contributed by atoms with van der Waals surface area (Å²) in [6.07, 6.45) is 3.47. The predicted octanol–water partition coefficient (Wildman–Crippen LogP) is 1.84. The molecule has 1 saturated heterocycles. The Labute approximate surface area is 136 Å². The second-order valence-corrected chi connectivity index (χ2v) is 8.19. The molecule has 1 saturated carbocycles. The summed E-state index contributed by atoms with van der Waals surface area (Å²) in [6, 6.07) is 5.32. The van der Waals surface area contributed by atoms with Gasteiger partial charge in [0.15, 0.2) is 0 Å². The third kappa shape index (κ3) is 3.39. The zero-order valence-corrected chi connectivity index (χ0v) is 13.9. The summed E-state index contributed by atoms with van der Waals surface area (Å²) in [7, 11) is -1.56. The molecule has 0 unspecified atom stereocenters. The van der Waals surface area contributed by atoms with Gasteiger partial charge in [0.2, 0.25) is 10.0 Å². The van der Waals surface area contributed by atoms with E-state index in [0.29, 0.717) is 0 Å². The van der Waals surface area contributed by atoms with E-state index >= 15 is 0 Å². The molecule has 7 nitrogen and oxygen atoms in total. The zero-order chi connectivity index (χ0) is 16.6. The number of benzene rings is 1. The van der Waals surface area contributed by atoms with E-state index in [1.54, 1.807) is 4.31 Å². The standard InChI is InChI=1S/C15H21N3O4S/c1-16-10-8-13(9-11-16)17(12-2-3-12)23(21,22)15-6-4-14(5-7-15)18(19)20/h4-7,12-13H,2-3,8-11H2,1H3. The van der Waals surface area contributed by atoms with E-state index in [9.17, 15) is 18.5 Å². The summed E-state index contributed by atoms with van der Waals surface area (Å²) in [4.78, 5) is 12.6. The Balaban J connectivity index is 1.87. The summed E-state index contributed by atoms with van der Waals surface area (Å²) in [5, 5.41) is 10.7. The predicted molar refractivity (Wildman–Crippen MR) is 85.7 cm³/mol. The minimum absolute atomic E-state index is 0.0268. The fraction of sp³-hybridized carbons (Fsp3) is 0.600. The largest absolute Gasteiger partial charge is 0.306 e. The number of piperidine rings is 1. The van der Waals surface area contributed by atoms with Gasteiger partial charge in [-0.05, 0) is 58.0 Å². The molecule has 23 heavy (non-hydrogen) atoms. The van der Waals surface area contributed by atoms with E-state index in [1.165, 1.54) is 24.3 Å². The van der Waals surface area contributed by atoms with Crippen molar-refractivity contribution in [1.29, 1.82) is 0 Å². The van der Waals surface area contributed by atoms with E-state index < -0.39 is 14.9 Å². The number of nitro benzene ring substituents is 1. The molecule has 1 aromatic carbocycles. The molecule has 3 rings (SSSR count). The Hall–Kier alpha value is -1.51. The van der Waals surface area contributed by atoms with Crippen LogP contribution in [0.4, 0.5) is 5.69 Å². The highest BCUT2D eigenvalue weighted by Gasteiger charge is 2.43. The molecule has 0 aromatic heterocycles. The molecule has 2 fully saturated rings. The first-order valence-electron chi connectivity index (χ1n) is 7.86. The monoisotopic (exact) mass is 339 g/mol. The van der Waals surface area contributed by atoms with Crippen LogP contribution in [0.2, 0.25) is 0 Å². The Bertz CT molecular complexity index is 677. The molecule has 1 aliphatic heterocycles. The second-order valence-electron chi connectivity index (χ2n) is 6.35. The van der Waals surface area contributed by atoms with Crippen molar-refractivity contribution >= 4 is 15.7 Å². The van der Waals surface area contributed by atoms with Crippen LogP contribution in [-0.2, 0) is 10.0 Å². The minimum Gasteiger partial charge on any atom is -0.306 e. The number of hydrogen-bond acceptors (Lipinski definition) is 5. The molecular formula is C15H21N3O4S. The average Bonchev–Trinajstić information content (AvgIpc) is 3.34. The lowest BCUT2D eigenvalue weighted by Crippen LogP contribution is -2.47. The Kier molecular flexibility index (Phi) is 4.39. The molecule has 0 radical (unpaired) electrons. The van der Waals surface area contributed by atoms with Crippen LogP contribution in [0.25, 0.3) is 0 Å². The fourth-order valence-electron chi connectivity index (χ4n) is 3.13. The van der Waals surface area contributed by atoms with Gasteiger partial charge in [0.1, 0.15) is 0 Å². The summed E-state index contributed by atoms with van der Waals surface area (Å²) in [5.41, 5.74) is -0.0961. The Morgan fingerprint density at radius 2 is 1.61 bits per heavy atom. The van der Waals surface area contributed by atoms with Crippen molar-refractivity contribution in [2.75, 3.05) is 20.1 Å². The third-order valence-corrected chi connectivity index (χ3v) is 6.60. The smallest absolute Gasteiger partial charge is 0.269 e. The van der Waals surface area contributed by atoms with Gasteiger partial charge in [0.25, 0.3) is 5.69 Å². The second kappa shape index (κ2) is 6.18. The molecule has 126 valence electrons. The zero-order valence-electron chi connectivity index (χ0n) is 13.1. The van der Waals surface area contributed by atoms with Crippen molar-refractivity contribution in [1.82, 2.24) is 9.21 Å². The Morgan fingerprint density at radius 1 is 1.09 bits per heavy atom. The van der Waals surface area contributed by atoms with Crippen LogP contribution >= 0.6 is 0 Å². The van der Waals surface area contributed by atoms with Crippen LogP contribution in [-0.4, -0.2) is 54.8 Å². The lowest BCUT2D eigenvalue weighted by atomic mass is 10.1. The van der Waals surface area contributed by atoms with Crippen molar-refractivity contribution in [3.05, 3.63) is 34.4 Å². The van der Waals surface area contributed by atoms with Gasteiger partial charge in [-0.25, -0.2) is 8.42 Å². The number of rotatable bonds is 5. The van der Waals surface area contributed by atoms with Gasteiger partial charge >= 0.3 is 0 Å². The van der Waals surface area contributed by atoms with Gasteiger partial charge in [0.05, 0.1) is 9.82 Å². The molecule has 0 N–H and O–H groups in total. The third-order valence-electron chi connectivity index (χ3n) is 4.58. The van der Waals surface area contributed by atoms with E-state index in [4.69, 9.17) is 0 Å². The number of hydrogen-bond donors (Lipinski definition) is 0. The maximum Gasteiger partial charge on any atom is 0.269 e. The molecular weight excluding hydrogens is 318 g/mol. The van der Waals surface area contributed by atoms with Crippen LogP contribution in [0.5, 0.6) is 0 Å². The van der Waals surface area contributed by atoms with E-state index in [1.807, 2.05) is 7.05 Å². The van der Waals surface area contributed by atoms with Crippen molar-refractivity contribution in [3.8, 4) is 0 Å². The van der Waals surface area contributed by atoms with Crippen LogP contribution in [0.15, 0.2) is 29.2 Å². The molecule has 2 aliphatic rings. The first-order chi connectivity index (χ1) is 10.9. The lowest BCUT2D eigenvalue weighted by molar-refractivity contribution is -0.384. The fourth-order valence-corrected chi connectivity index (χ4v) is 5.06. The molecule has 0 atom stereocenters. The first kappa shape index (κ1) is 16.4. The van der Waals surface area contributed by atoms with E-state index in [2.05, 4.69) is 4.90 Å². The van der Waals surface area contributed by atoms with Gasteiger partial charge in [-0.1, -0.05) is 0 Å². The molecule has 1 heterocycles. The minimum atomic E-state index is -3.61. The van der Waals surface area contributed by atoms with Crippen molar-refractivity contribution in [2.24, 2.45) is 0 Å². The van der Waals surface area contributed by atoms with Gasteiger partial charge in [-0.15, -0.1) is 0 Å². The quantitative estimate of drug-likeness (QED) is 0.604. The lowest BCUT2D eigenvalue weighted by Gasteiger charge is -2.36. The van der Waals surface area contributed by atoms with E-state index in [0.717, 1.165) is 38.8 Å². The summed E-state index contributed by atoms with van der Waals surface area (Å²) < 4.78 is 27.7. The number of nitrogens with zero attached hydrogens (tertiary/aromatic N) is 3. The van der Waals surface area contributed by atoms with Crippen molar-refractivity contribution < 1.29 is 13.3 Å². The molecule has 0 spiro atoms. The highest BCUT2D eigenvalue weighted by atomic mass is 32.2. The van der Waals surface area contributed by atoms with Crippen LogP contribution < -0.4 is 0 Å². The van der Waals surface area contributed by atoms with E-state index in [-0.39, 0.29) is 22.7 Å². The van der Waals surface area contributed by atoms with Crippen LogP contribution in [0, 0.1) is 10.1 Å². The molecule has 1 aromatic rings. The first-order valence-corrected chi connectivity index (χ1v) is 9.30. The van der Waals surface area contributed by atoms with Gasteiger partial charge in [-0.3, -0.25) is 10.1 Å². The average molecular weight is 339 g/mol. The number of non-ortho nitro benzene ring substituents is 1. The highest BCUT2D eigenvalue weighted by molar-refractivity contribution is 7.89. The summed E-state index contributed by atoms with van der Waals surface area (Å²) in [6.45, 7) is 1.79. The van der Waals surface area contributed by atoms with Crippen LogP contribution in [0.3, 0.4) is 0 Å². The summed E-state index contributed by atoms with van der Waals surface area (Å²) in [5.74, 6) is 0. The highest BCUT2D eigenvalue weighted by Crippen LogP contribution is 2.36. The molecule has 1 aliphatic carbocycles. The normalized spacial score (nSPS) is 20.8. The van der Waals surface area contributed by atoms with Crippen molar-refractivity contribution in [2.45, 2.75) is 42.7 Å². The number of sulfonamides is 1. The molecule has 0 amide bonds. The topological polar surface area (TPSA) is 83.8 Å². The van der Waals surface area contributed by atoms with Gasteiger partial charge in [0, 0.05) is 24.2 Å². The van der Waals surface area contributed by atoms with Gasteiger partial charge in [-0.2, -0.15) is 4.31 Å². The van der Waals surface area contributed by atoms with Crippen LogP contribution in [0.1, 0.15) is 25.7 Å². The van der Waals surface area contributed by atoms with Gasteiger partial charge < -0.3 is 4.90 Å².